The van der Waals surface area contributed by atoms with E-state index in [1.165, 1.54) is 0 Å². The Hall–Kier alpha value is -0.580. The minimum absolute atomic E-state index is 0.0400. The summed E-state index contributed by atoms with van der Waals surface area (Å²) in [5.41, 5.74) is 4.93. The monoisotopic (exact) mass is 358 g/mol. The molecule has 2 rings (SSSR count). The van der Waals surface area contributed by atoms with E-state index in [0.29, 0.717) is 5.02 Å². The van der Waals surface area contributed by atoms with Crippen molar-refractivity contribution in [3.8, 4) is 0 Å². The second kappa shape index (κ2) is 6.73. The van der Waals surface area contributed by atoms with E-state index in [0.717, 1.165) is 27.0 Å². The molecule has 0 fully saturated rings. The van der Waals surface area contributed by atoms with E-state index in [1.807, 2.05) is 42.5 Å². The zero-order chi connectivity index (χ0) is 13.8. The van der Waals surface area contributed by atoms with E-state index in [-0.39, 0.29) is 6.04 Å². The standard InChI is InChI=1S/C14H13BrCl2N2/c15-10-3-6-12(13(17)8-10)14(19-18)7-9-1-4-11(16)5-2-9/h1-6,8,14,19H,7,18H2. The van der Waals surface area contributed by atoms with Crippen molar-refractivity contribution in [2.75, 3.05) is 0 Å². The topological polar surface area (TPSA) is 38.0 Å². The maximum Gasteiger partial charge on any atom is 0.0515 e. The Kier molecular flexibility index (Phi) is 5.25. The Labute approximate surface area is 131 Å². The zero-order valence-corrected chi connectivity index (χ0v) is 13.1. The molecule has 0 amide bonds. The first-order valence-corrected chi connectivity index (χ1v) is 7.30. The Bertz CT molecular complexity index is 558. The number of hydrazine groups is 1. The van der Waals surface area contributed by atoms with Gasteiger partial charge in [0, 0.05) is 14.5 Å². The molecule has 0 bridgehead atoms. The minimum Gasteiger partial charge on any atom is -0.271 e. The minimum atomic E-state index is -0.0400. The van der Waals surface area contributed by atoms with Crippen LogP contribution in [0.15, 0.2) is 46.9 Å². The Morgan fingerprint density at radius 2 is 1.79 bits per heavy atom. The van der Waals surface area contributed by atoms with E-state index in [1.54, 1.807) is 0 Å². The third kappa shape index (κ3) is 3.94. The van der Waals surface area contributed by atoms with Crippen molar-refractivity contribution < 1.29 is 0 Å². The highest BCUT2D eigenvalue weighted by Crippen LogP contribution is 2.28. The lowest BCUT2D eigenvalue weighted by Crippen LogP contribution is -2.29. The van der Waals surface area contributed by atoms with Crippen molar-refractivity contribution in [3.63, 3.8) is 0 Å². The van der Waals surface area contributed by atoms with Crippen molar-refractivity contribution in [2.45, 2.75) is 12.5 Å². The van der Waals surface area contributed by atoms with E-state index >= 15 is 0 Å². The number of benzene rings is 2. The van der Waals surface area contributed by atoms with Crippen molar-refractivity contribution in [1.82, 2.24) is 5.43 Å². The molecule has 0 aromatic heterocycles. The second-order valence-corrected chi connectivity index (χ2v) is 5.97. The fraction of sp³-hybridized carbons (Fsp3) is 0.143. The highest BCUT2D eigenvalue weighted by atomic mass is 79.9. The molecule has 0 radical (unpaired) electrons. The number of nitrogens with two attached hydrogens (primary N) is 1. The predicted molar refractivity (Wildman–Crippen MR) is 84.4 cm³/mol. The van der Waals surface area contributed by atoms with Gasteiger partial charge in [-0.2, -0.15) is 0 Å². The highest BCUT2D eigenvalue weighted by Gasteiger charge is 2.14. The van der Waals surface area contributed by atoms with Crippen molar-refractivity contribution in [2.24, 2.45) is 5.84 Å². The van der Waals surface area contributed by atoms with Crippen molar-refractivity contribution in [3.05, 3.63) is 68.1 Å². The Balaban J connectivity index is 2.22. The Morgan fingerprint density at radius 1 is 1.11 bits per heavy atom. The van der Waals surface area contributed by atoms with Gasteiger partial charge in [0.05, 0.1) is 6.04 Å². The van der Waals surface area contributed by atoms with Gasteiger partial charge in [0.1, 0.15) is 0 Å². The molecule has 0 saturated heterocycles. The third-order valence-electron chi connectivity index (χ3n) is 2.89. The molecule has 1 atom stereocenters. The van der Waals surface area contributed by atoms with E-state index in [4.69, 9.17) is 29.0 Å². The van der Waals surface area contributed by atoms with Crippen molar-refractivity contribution in [1.29, 1.82) is 0 Å². The number of halogens is 3. The smallest absolute Gasteiger partial charge is 0.0515 e. The quantitative estimate of drug-likeness (QED) is 0.622. The predicted octanol–water partition coefficient (Wildman–Crippen LogP) is 4.50. The fourth-order valence-corrected chi connectivity index (χ4v) is 2.83. The van der Waals surface area contributed by atoms with Gasteiger partial charge in [-0.25, -0.2) is 0 Å². The molecule has 2 nitrogen and oxygen atoms in total. The highest BCUT2D eigenvalue weighted by molar-refractivity contribution is 9.10. The van der Waals surface area contributed by atoms with E-state index < -0.39 is 0 Å². The summed E-state index contributed by atoms with van der Waals surface area (Å²) in [4.78, 5) is 0. The van der Waals surface area contributed by atoms with Gasteiger partial charge >= 0.3 is 0 Å². The van der Waals surface area contributed by atoms with Crippen LogP contribution < -0.4 is 11.3 Å². The lowest BCUT2D eigenvalue weighted by atomic mass is 9.99. The molecule has 3 N–H and O–H groups in total. The van der Waals surface area contributed by atoms with Gasteiger partial charge in [-0.05, 0) is 41.8 Å². The summed E-state index contributed by atoms with van der Waals surface area (Å²) in [6.07, 6.45) is 0.745. The van der Waals surface area contributed by atoms with Crippen LogP contribution in [0.4, 0.5) is 0 Å². The number of rotatable bonds is 4. The first-order chi connectivity index (χ1) is 9.10. The molecule has 2 aromatic rings. The molecule has 0 saturated carbocycles. The summed E-state index contributed by atoms with van der Waals surface area (Å²) >= 11 is 15.5. The normalized spacial score (nSPS) is 12.4. The van der Waals surface area contributed by atoms with Gasteiger partial charge in [0.2, 0.25) is 0 Å². The van der Waals surface area contributed by atoms with Crippen LogP contribution in [0.25, 0.3) is 0 Å². The van der Waals surface area contributed by atoms with Crippen LogP contribution in [0.5, 0.6) is 0 Å². The summed E-state index contributed by atoms with van der Waals surface area (Å²) in [7, 11) is 0. The summed E-state index contributed by atoms with van der Waals surface area (Å²) in [5, 5.41) is 1.41. The molecule has 19 heavy (non-hydrogen) atoms. The number of hydrogen-bond donors (Lipinski definition) is 2. The first-order valence-electron chi connectivity index (χ1n) is 5.75. The summed E-state index contributed by atoms with van der Waals surface area (Å²) < 4.78 is 0.948. The molecule has 0 aliphatic heterocycles. The number of nitrogens with one attached hydrogen (secondary N) is 1. The van der Waals surface area contributed by atoms with Gasteiger partial charge in [-0.3, -0.25) is 11.3 Å². The van der Waals surface area contributed by atoms with Crippen LogP contribution in [-0.4, -0.2) is 0 Å². The molecule has 0 heterocycles. The molecule has 1 unspecified atom stereocenters. The third-order valence-corrected chi connectivity index (χ3v) is 3.96. The van der Waals surface area contributed by atoms with Gasteiger partial charge in [-0.15, -0.1) is 0 Å². The molecule has 5 heteroatoms. The van der Waals surface area contributed by atoms with Gasteiger partial charge in [-0.1, -0.05) is 57.3 Å². The molecule has 100 valence electrons. The molecule has 0 aliphatic rings. The Morgan fingerprint density at radius 3 is 2.37 bits per heavy atom. The first kappa shape index (κ1) is 14.8. The van der Waals surface area contributed by atoms with Crippen LogP contribution in [0.3, 0.4) is 0 Å². The second-order valence-electron chi connectivity index (χ2n) is 4.22. The molecular weight excluding hydrogens is 347 g/mol. The maximum absolute atomic E-state index is 6.25. The fourth-order valence-electron chi connectivity index (χ4n) is 1.90. The van der Waals surface area contributed by atoms with E-state index in [2.05, 4.69) is 21.4 Å². The van der Waals surface area contributed by atoms with Crippen molar-refractivity contribution >= 4 is 39.1 Å². The van der Waals surface area contributed by atoms with Crippen LogP contribution in [0.1, 0.15) is 17.2 Å². The maximum atomic E-state index is 6.25. The summed E-state index contributed by atoms with van der Waals surface area (Å²) in [5.74, 6) is 5.64. The SMILES string of the molecule is NNC(Cc1ccc(Cl)cc1)c1ccc(Br)cc1Cl. The lowest BCUT2D eigenvalue weighted by molar-refractivity contribution is 0.552. The summed E-state index contributed by atoms with van der Waals surface area (Å²) in [6.45, 7) is 0. The van der Waals surface area contributed by atoms with Crippen LogP contribution in [0, 0.1) is 0 Å². The van der Waals surface area contributed by atoms with Crippen LogP contribution in [0.2, 0.25) is 10.0 Å². The number of hydrogen-bond acceptors (Lipinski definition) is 2. The molecule has 0 aliphatic carbocycles. The van der Waals surface area contributed by atoms with Crippen LogP contribution in [-0.2, 0) is 6.42 Å². The van der Waals surface area contributed by atoms with Crippen LogP contribution >= 0.6 is 39.1 Å². The van der Waals surface area contributed by atoms with Gasteiger partial charge in [0.15, 0.2) is 0 Å². The lowest BCUT2D eigenvalue weighted by Gasteiger charge is -2.18. The van der Waals surface area contributed by atoms with Gasteiger partial charge in [0.25, 0.3) is 0 Å². The average Bonchev–Trinajstić information content (AvgIpc) is 2.39. The van der Waals surface area contributed by atoms with E-state index in [9.17, 15) is 0 Å². The molecular formula is C14H13BrCl2N2. The average molecular weight is 360 g/mol. The van der Waals surface area contributed by atoms with Gasteiger partial charge < -0.3 is 0 Å². The summed E-state index contributed by atoms with van der Waals surface area (Å²) in [6, 6.07) is 13.4. The molecule has 0 spiro atoms. The largest absolute Gasteiger partial charge is 0.271 e. The zero-order valence-electron chi connectivity index (χ0n) is 10.0. The molecule has 2 aromatic carbocycles.